The van der Waals surface area contributed by atoms with Gasteiger partial charge in [-0.25, -0.2) is 0 Å². The quantitative estimate of drug-likeness (QED) is 0.671. The monoisotopic (exact) mass is 225 g/mol. The van der Waals surface area contributed by atoms with E-state index in [1.165, 1.54) is 0 Å². The summed E-state index contributed by atoms with van der Waals surface area (Å²) >= 11 is 0. The van der Waals surface area contributed by atoms with Crippen LogP contribution < -0.4 is 11.1 Å². The Balaban J connectivity index is 3.98. The standard InChI is InChI=1S/C12H23N3O/c1-12(2,3)8-10(9-14)11(16)15-7-5-4-6-13/h10H,4-5,7-9,14H2,1-3H3,(H,15,16). The molecule has 0 aromatic heterocycles. The van der Waals surface area contributed by atoms with E-state index in [-0.39, 0.29) is 17.2 Å². The zero-order chi connectivity index (χ0) is 12.6. The molecule has 1 unspecified atom stereocenters. The van der Waals surface area contributed by atoms with Gasteiger partial charge in [-0.1, -0.05) is 20.8 Å². The van der Waals surface area contributed by atoms with Crippen molar-refractivity contribution in [1.82, 2.24) is 5.32 Å². The summed E-state index contributed by atoms with van der Waals surface area (Å²) in [6, 6.07) is 2.05. The van der Waals surface area contributed by atoms with E-state index in [1.54, 1.807) is 0 Å². The number of carbonyl (C=O) groups excluding carboxylic acids is 1. The molecule has 0 spiro atoms. The second kappa shape index (κ2) is 7.24. The smallest absolute Gasteiger partial charge is 0.224 e. The molecule has 3 N–H and O–H groups in total. The maximum Gasteiger partial charge on any atom is 0.224 e. The third-order valence-corrected chi connectivity index (χ3v) is 2.28. The van der Waals surface area contributed by atoms with Crippen LogP contribution in [-0.2, 0) is 4.79 Å². The van der Waals surface area contributed by atoms with Gasteiger partial charge in [0.05, 0.1) is 12.0 Å². The molecule has 4 heteroatoms. The van der Waals surface area contributed by atoms with Gasteiger partial charge in [-0.05, 0) is 18.3 Å². The van der Waals surface area contributed by atoms with Crippen LogP contribution in [0.3, 0.4) is 0 Å². The van der Waals surface area contributed by atoms with Gasteiger partial charge in [-0.3, -0.25) is 4.79 Å². The summed E-state index contributed by atoms with van der Waals surface area (Å²) in [5, 5.41) is 11.2. The van der Waals surface area contributed by atoms with Crippen molar-refractivity contribution in [1.29, 1.82) is 5.26 Å². The minimum atomic E-state index is -0.123. The van der Waals surface area contributed by atoms with Crippen molar-refractivity contribution < 1.29 is 4.79 Å². The van der Waals surface area contributed by atoms with Crippen molar-refractivity contribution in [3.63, 3.8) is 0 Å². The summed E-state index contributed by atoms with van der Waals surface area (Å²) < 4.78 is 0. The third kappa shape index (κ3) is 7.24. The van der Waals surface area contributed by atoms with Gasteiger partial charge in [-0.15, -0.1) is 0 Å². The van der Waals surface area contributed by atoms with Gasteiger partial charge in [0.15, 0.2) is 0 Å². The molecule has 16 heavy (non-hydrogen) atoms. The van der Waals surface area contributed by atoms with Crippen LogP contribution in [0.1, 0.15) is 40.0 Å². The molecule has 92 valence electrons. The predicted octanol–water partition coefficient (Wildman–Crippen LogP) is 1.42. The van der Waals surface area contributed by atoms with E-state index in [1.807, 2.05) is 6.07 Å². The Morgan fingerprint density at radius 3 is 2.56 bits per heavy atom. The number of unbranched alkanes of at least 4 members (excludes halogenated alkanes) is 1. The number of rotatable bonds is 6. The molecule has 0 saturated heterocycles. The molecule has 4 nitrogen and oxygen atoms in total. The van der Waals surface area contributed by atoms with Crippen molar-refractivity contribution in [2.75, 3.05) is 13.1 Å². The minimum absolute atomic E-state index is 0.00960. The van der Waals surface area contributed by atoms with Crippen LogP contribution in [0, 0.1) is 22.7 Å². The molecule has 0 rings (SSSR count). The SMILES string of the molecule is CC(C)(C)CC(CN)C(=O)NCCCC#N. The molecule has 1 amide bonds. The van der Waals surface area contributed by atoms with Gasteiger partial charge in [0, 0.05) is 19.5 Å². The Kier molecular flexibility index (Phi) is 6.75. The van der Waals surface area contributed by atoms with Crippen LogP contribution in [0.15, 0.2) is 0 Å². The normalized spacial score (nSPS) is 12.9. The average molecular weight is 225 g/mol. The molecule has 0 fully saturated rings. The highest BCUT2D eigenvalue weighted by atomic mass is 16.1. The number of hydrogen-bond donors (Lipinski definition) is 2. The lowest BCUT2D eigenvalue weighted by molar-refractivity contribution is -0.125. The summed E-state index contributed by atoms with van der Waals surface area (Å²) in [5.74, 6) is -0.113. The third-order valence-electron chi connectivity index (χ3n) is 2.28. The zero-order valence-electron chi connectivity index (χ0n) is 10.5. The van der Waals surface area contributed by atoms with Gasteiger partial charge in [-0.2, -0.15) is 5.26 Å². The van der Waals surface area contributed by atoms with E-state index >= 15 is 0 Å². The van der Waals surface area contributed by atoms with E-state index in [9.17, 15) is 4.79 Å². The topological polar surface area (TPSA) is 78.9 Å². The lowest BCUT2D eigenvalue weighted by atomic mass is 9.84. The summed E-state index contributed by atoms with van der Waals surface area (Å²) in [6.45, 7) is 7.23. The van der Waals surface area contributed by atoms with Crippen LogP contribution in [-0.4, -0.2) is 19.0 Å². The molecule has 1 atom stereocenters. The van der Waals surface area contributed by atoms with E-state index in [0.717, 1.165) is 6.42 Å². The van der Waals surface area contributed by atoms with Crippen molar-refractivity contribution >= 4 is 5.91 Å². The maximum atomic E-state index is 11.7. The number of nitrogens with one attached hydrogen (secondary N) is 1. The molecule has 0 aromatic carbocycles. The number of hydrogen-bond acceptors (Lipinski definition) is 3. The molecule has 0 aromatic rings. The largest absolute Gasteiger partial charge is 0.356 e. The lowest BCUT2D eigenvalue weighted by Gasteiger charge is -2.24. The van der Waals surface area contributed by atoms with E-state index in [2.05, 4.69) is 26.1 Å². The Bertz CT molecular complexity index is 250. The van der Waals surface area contributed by atoms with Gasteiger partial charge < -0.3 is 11.1 Å². The minimum Gasteiger partial charge on any atom is -0.356 e. The lowest BCUT2D eigenvalue weighted by Crippen LogP contribution is -2.37. The van der Waals surface area contributed by atoms with Crippen molar-refractivity contribution in [3.05, 3.63) is 0 Å². The van der Waals surface area contributed by atoms with Crippen molar-refractivity contribution in [2.24, 2.45) is 17.1 Å². The molecule has 0 aliphatic carbocycles. The highest BCUT2D eigenvalue weighted by Gasteiger charge is 2.23. The van der Waals surface area contributed by atoms with E-state index in [4.69, 9.17) is 11.0 Å². The fourth-order valence-electron chi connectivity index (χ4n) is 1.55. The van der Waals surface area contributed by atoms with Crippen molar-refractivity contribution in [3.8, 4) is 6.07 Å². The van der Waals surface area contributed by atoms with Gasteiger partial charge in [0.2, 0.25) is 5.91 Å². The Labute approximate surface area is 98.2 Å². The molecule has 0 heterocycles. The molecule has 0 radical (unpaired) electrons. The summed E-state index contributed by atoms with van der Waals surface area (Å²) in [5.41, 5.74) is 5.70. The predicted molar refractivity (Wildman–Crippen MR) is 64.5 cm³/mol. The Morgan fingerprint density at radius 1 is 1.50 bits per heavy atom. The van der Waals surface area contributed by atoms with Gasteiger partial charge in [0.25, 0.3) is 0 Å². The second-order valence-electron chi connectivity index (χ2n) is 5.25. The molecule has 0 aliphatic heterocycles. The van der Waals surface area contributed by atoms with Crippen LogP contribution >= 0.6 is 0 Å². The summed E-state index contributed by atoms with van der Waals surface area (Å²) in [4.78, 5) is 11.7. The van der Waals surface area contributed by atoms with E-state index in [0.29, 0.717) is 25.9 Å². The highest BCUT2D eigenvalue weighted by molar-refractivity contribution is 5.78. The Morgan fingerprint density at radius 2 is 2.12 bits per heavy atom. The second-order valence-corrected chi connectivity index (χ2v) is 5.25. The number of nitriles is 1. The average Bonchev–Trinajstić information content (AvgIpc) is 2.19. The number of carbonyl (C=O) groups is 1. The fourth-order valence-corrected chi connectivity index (χ4v) is 1.55. The first-order valence-electron chi connectivity index (χ1n) is 5.75. The molecule has 0 aliphatic rings. The van der Waals surface area contributed by atoms with Gasteiger partial charge in [0.1, 0.15) is 0 Å². The van der Waals surface area contributed by atoms with Crippen LogP contribution in [0.25, 0.3) is 0 Å². The molecule has 0 saturated carbocycles. The highest BCUT2D eigenvalue weighted by Crippen LogP contribution is 2.23. The first-order valence-corrected chi connectivity index (χ1v) is 5.75. The van der Waals surface area contributed by atoms with Crippen LogP contribution in [0.4, 0.5) is 0 Å². The number of amides is 1. The zero-order valence-corrected chi connectivity index (χ0v) is 10.5. The molecular formula is C12H23N3O. The Hall–Kier alpha value is -1.08. The maximum absolute atomic E-state index is 11.7. The fraction of sp³-hybridized carbons (Fsp3) is 0.833. The van der Waals surface area contributed by atoms with Crippen molar-refractivity contribution in [2.45, 2.75) is 40.0 Å². The summed E-state index contributed by atoms with van der Waals surface area (Å²) in [7, 11) is 0. The van der Waals surface area contributed by atoms with E-state index < -0.39 is 0 Å². The molecular weight excluding hydrogens is 202 g/mol. The number of nitrogens with zero attached hydrogens (tertiary/aromatic N) is 1. The molecule has 0 bridgehead atoms. The van der Waals surface area contributed by atoms with Crippen LogP contribution in [0.2, 0.25) is 0 Å². The first-order chi connectivity index (χ1) is 7.40. The first kappa shape index (κ1) is 14.9. The summed E-state index contributed by atoms with van der Waals surface area (Å²) in [6.07, 6.45) is 1.97. The van der Waals surface area contributed by atoms with Gasteiger partial charge >= 0.3 is 0 Å². The van der Waals surface area contributed by atoms with Crippen LogP contribution in [0.5, 0.6) is 0 Å². The number of nitrogens with two attached hydrogens (primary N) is 1.